The van der Waals surface area contributed by atoms with Crippen LogP contribution in [-0.4, -0.2) is 17.7 Å². The first kappa shape index (κ1) is 15.5. The number of hydrogen-bond donors (Lipinski definition) is 1. The molecule has 0 bridgehead atoms. The Kier molecular flexibility index (Phi) is 3.96. The molecule has 0 radical (unpaired) electrons. The molecule has 0 saturated heterocycles. The third-order valence-corrected chi connectivity index (χ3v) is 5.47. The highest BCUT2D eigenvalue weighted by atomic mass is 79.9. The predicted molar refractivity (Wildman–Crippen MR) is 92.8 cm³/mol. The van der Waals surface area contributed by atoms with Crippen molar-refractivity contribution in [1.82, 2.24) is 0 Å². The van der Waals surface area contributed by atoms with Crippen molar-refractivity contribution in [1.29, 1.82) is 0 Å². The van der Waals surface area contributed by atoms with E-state index in [1.165, 1.54) is 11.1 Å². The van der Waals surface area contributed by atoms with Gasteiger partial charge in [-0.2, -0.15) is 0 Å². The van der Waals surface area contributed by atoms with E-state index in [0.717, 1.165) is 34.4 Å². The Morgan fingerprint density at radius 3 is 3.00 bits per heavy atom. The maximum absolute atomic E-state index is 10.9. The van der Waals surface area contributed by atoms with E-state index in [1.54, 1.807) is 0 Å². The molecule has 4 nitrogen and oxygen atoms in total. The molecular weight excluding hydrogens is 372 g/mol. The zero-order chi connectivity index (χ0) is 16.7. The number of halogens is 1. The quantitative estimate of drug-likeness (QED) is 0.839. The molecule has 1 heterocycles. The molecular formula is C19H17BrO4. The van der Waals surface area contributed by atoms with E-state index in [4.69, 9.17) is 14.6 Å². The molecule has 0 aromatic heterocycles. The lowest BCUT2D eigenvalue weighted by molar-refractivity contribution is -0.137. The Hall–Kier alpha value is -2.01. The Balaban J connectivity index is 1.54. The van der Waals surface area contributed by atoms with E-state index in [0.29, 0.717) is 6.61 Å². The SMILES string of the molecule is O=C(O)CC1COc2cc(O[C@@H]3CCc4c(Br)cccc43)ccc21. The summed E-state index contributed by atoms with van der Waals surface area (Å²) in [6, 6.07) is 11.9. The Morgan fingerprint density at radius 1 is 1.29 bits per heavy atom. The number of ether oxygens (including phenoxy) is 2. The first-order chi connectivity index (χ1) is 11.6. The van der Waals surface area contributed by atoms with Crippen LogP contribution in [0, 0.1) is 0 Å². The Morgan fingerprint density at radius 2 is 2.17 bits per heavy atom. The molecule has 24 heavy (non-hydrogen) atoms. The van der Waals surface area contributed by atoms with Gasteiger partial charge in [0.05, 0.1) is 13.0 Å². The van der Waals surface area contributed by atoms with Crippen LogP contribution in [0.5, 0.6) is 11.5 Å². The normalized spacial score (nSPS) is 21.0. The van der Waals surface area contributed by atoms with Crippen molar-refractivity contribution in [3.63, 3.8) is 0 Å². The molecule has 124 valence electrons. The molecule has 0 saturated carbocycles. The second-order valence-electron chi connectivity index (χ2n) is 6.26. The van der Waals surface area contributed by atoms with Gasteiger partial charge in [-0.25, -0.2) is 0 Å². The smallest absolute Gasteiger partial charge is 0.304 e. The molecule has 1 aliphatic heterocycles. The molecule has 1 unspecified atom stereocenters. The van der Waals surface area contributed by atoms with Gasteiger partial charge in [0, 0.05) is 22.0 Å². The van der Waals surface area contributed by atoms with Gasteiger partial charge in [-0.3, -0.25) is 4.79 Å². The maximum atomic E-state index is 10.9. The Labute approximate surface area is 148 Å². The van der Waals surface area contributed by atoms with Crippen molar-refractivity contribution in [2.75, 3.05) is 6.61 Å². The number of benzene rings is 2. The summed E-state index contributed by atoms with van der Waals surface area (Å²) in [4.78, 5) is 10.9. The van der Waals surface area contributed by atoms with Crippen molar-refractivity contribution < 1.29 is 19.4 Å². The molecule has 5 heteroatoms. The zero-order valence-electron chi connectivity index (χ0n) is 13.0. The van der Waals surface area contributed by atoms with Crippen molar-refractivity contribution in [3.8, 4) is 11.5 Å². The predicted octanol–water partition coefficient (Wildman–Crippen LogP) is 4.47. The summed E-state index contributed by atoms with van der Waals surface area (Å²) in [5.41, 5.74) is 3.51. The third-order valence-electron chi connectivity index (χ3n) is 4.72. The van der Waals surface area contributed by atoms with Gasteiger partial charge in [0.2, 0.25) is 0 Å². The fourth-order valence-electron chi connectivity index (χ4n) is 3.57. The minimum absolute atomic E-state index is 0.0479. The maximum Gasteiger partial charge on any atom is 0.304 e. The van der Waals surface area contributed by atoms with Crippen molar-refractivity contribution in [2.45, 2.75) is 31.3 Å². The lowest BCUT2D eigenvalue weighted by atomic mass is 9.98. The van der Waals surface area contributed by atoms with Gasteiger partial charge < -0.3 is 14.6 Å². The fourth-order valence-corrected chi connectivity index (χ4v) is 4.15. The van der Waals surface area contributed by atoms with Gasteiger partial charge in [0.1, 0.15) is 17.6 Å². The molecule has 1 aliphatic carbocycles. The largest absolute Gasteiger partial charge is 0.492 e. The molecule has 2 aliphatic rings. The van der Waals surface area contributed by atoms with Crippen molar-refractivity contribution >= 4 is 21.9 Å². The lowest BCUT2D eigenvalue weighted by Crippen LogP contribution is -2.07. The lowest BCUT2D eigenvalue weighted by Gasteiger charge is -2.16. The summed E-state index contributed by atoms with van der Waals surface area (Å²) >= 11 is 3.60. The zero-order valence-corrected chi connectivity index (χ0v) is 14.6. The summed E-state index contributed by atoms with van der Waals surface area (Å²) in [7, 11) is 0. The number of carbonyl (C=O) groups is 1. The highest BCUT2D eigenvalue weighted by Gasteiger charge is 2.29. The number of carboxylic acids is 1. The first-order valence-corrected chi connectivity index (χ1v) is 8.83. The highest BCUT2D eigenvalue weighted by molar-refractivity contribution is 9.10. The van der Waals surface area contributed by atoms with E-state index in [9.17, 15) is 4.79 Å². The molecule has 2 aromatic carbocycles. The molecule has 1 N–H and O–H groups in total. The van der Waals surface area contributed by atoms with Gasteiger partial charge >= 0.3 is 5.97 Å². The van der Waals surface area contributed by atoms with Crippen LogP contribution in [0.3, 0.4) is 0 Å². The molecule has 2 aromatic rings. The Bertz CT molecular complexity index is 802. The van der Waals surface area contributed by atoms with E-state index in [-0.39, 0.29) is 18.4 Å². The van der Waals surface area contributed by atoms with E-state index < -0.39 is 5.97 Å². The topological polar surface area (TPSA) is 55.8 Å². The number of fused-ring (bicyclic) bond motifs is 2. The van der Waals surface area contributed by atoms with Crippen LogP contribution in [0.1, 0.15) is 41.6 Å². The minimum Gasteiger partial charge on any atom is -0.492 e. The molecule has 0 amide bonds. The highest BCUT2D eigenvalue weighted by Crippen LogP contribution is 2.42. The van der Waals surface area contributed by atoms with Gasteiger partial charge in [-0.05, 0) is 36.1 Å². The van der Waals surface area contributed by atoms with Gasteiger partial charge in [0.25, 0.3) is 0 Å². The fraction of sp³-hybridized carbons (Fsp3) is 0.316. The van der Waals surface area contributed by atoms with Crippen LogP contribution in [0.4, 0.5) is 0 Å². The van der Waals surface area contributed by atoms with E-state index >= 15 is 0 Å². The van der Waals surface area contributed by atoms with E-state index in [2.05, 4.69) is 28.1 Å². The molecule has 4 rings (SSSR count). The van der Waals surface area contributed by atoms with Gasteiger partial charge in [-0.1, -0.05) is 34.1 Å². The molecule has 2 atom stereocenters. The molecule has 0 spiro atoms. The van der Waals surface area contributed by atoms with Gasteiger partial charge in [0.15, 0.2) is 0 Å². The monoisotopic (exact) mass is 388 g/mol. The number of carboxylic acid groups (broad SMARTS) is 1. The third kappa shape index (κ3) is 2.77. The number of hydrogen-bond acceptors (Lipinski definition) is 3. The van der Waals surface area contributed by atoms with E-state index in [1.807, 2.05) is 24.3 Å². The summed E-state index contributed by atoms with van der Waals surface area (Å²) in [5, 5.41) is 8.98. The van der Waals surface area contributed by atoms with Crippen LogP contribution in [0.2, 0.25) is 0 Å². The summed E-state index contributed by atoms with van der Waals surface area (Å²) in [5.74, 6) is 0.633. The number of aliphatic carboxylic acids is 1. The molecule has 0 fully saturated rings. The second kappa shape index (κ2) is 6.13. The first-order valence-electron chi connectivity index (χ1n) is 8.04. The summed E-state index contributed by atoms with van der Waals surface area (Å²) in [6.45, 7) is 0.421. The minimum atomic E-state index is -0.801. The summed E-state index contributed by atoms with van der Waals surface area (Å²) in [6.07, 6.45) is 2.10. The average Bonchev–Trinajstić information content (AvgIpc) is 3.13. The number of rotatable bonds is 4. The van der Waals surface area contributed by atoms with Gasteiger partial charge in [-0.15, -0.1) is 0 Å². The second-order valence-corrected chi connectivity index (χ2v) is 7.11. The van der Waals surface area contributed by atoms with Crippen LogP contribution in [0.15, 0.2) is 40.9 Å². The standard InChI is InChI=1S/C19H17BrO4/c20-16-3-1-2-15-14(16)6-7-17(15)24-12-4-5-13-11(8-19(21)22)10-23-18(13)9-12/h1-5,9,11,17H,6-8,10H2,(H,21,22)/t11?,17-/m1/s1. The summed E-state index contributed by atoms with van der Waals surface area (Å²) < 4.78 is 13.0. The van der Waals surface area contributed by atoms with Crippen LogP contribution in [0.25, 0.3) is 0 Å². The average molecular weight is 389 g/mol. The van der Waals surface area contributed by atoms with Crippen molar-refractivity contribution in [3.05, 3.63) is 57.6 Å². The van der Waals surface area contributed by atoms with Crippen molar-refractivity contribution in [2.24, 2.45) is 0 Å². The van der Waals surface area contributed by atoms with Crippen LogP contribution >= 0.6 is 15.9 Å². The van der Waals surface area contributed by atoms with Crippen LogP contribution in [-0.2, 0) is 11.2 Å². The van der Waals surface area contributed by atoms with Crippen LogP contribution < -0.4 is 9.47 Å².